The molecule has 0 aliphatic carbocycles. The summed E-state index contributed by atoms with van der Waals surface area (Å²) in [6.07, 6.45) is 5.79. The first-order valence-electron chi connectivity index (χ1n) is 9.05. The average Bonchev–Trinajstić information content (AvgIpc) is 2.72. The van der Waals surface area contributed by atoms with Crippen molar-refractivity contribution in [3.63, 3.8) is 0 Å². The largest absolute Gasteiger partial charge is 0.497 e. The number of aromatic nitrogens is 1. The molecule has 2 aromatic carbocycles. The minimum atomic E-state index is 0.819. The van der Waals surface area contributed by atoms with Crippen molar-refractivity contribution < 1.29 is 9.30 Å². The van der Waals surface area contributed by atoms with Gasteiger partial charge in [-0.25, -0.2) is 4.57 Å². The van der Waals surface area contributed by atoms with Gasteiger partial charge in [0.05, 0.1) is 18.9 Å². The lowest BCUT2D eigenvalue weighted by Gasteiger charge is -2.13. The molecule has 0 spiro atoms. The number of hydrogen-bond acceptors (Lipinski definition) is 4. The van der Waals surface area contributed by atoms with Crippen LogP contribution in [0.4, 0.5) is 5.69 Å². The molecule has 0 bridgehead atoms. The first-order chi connectivity index (χ1) is 13.6. The number of methoxy groups -OCH3 is 1. The van der Waals surface area contributed by atoms with Gasteiger partial charge >= 0.3 is 0 Å². The lowest BCUT2D eigenvalue weighted by atomic mass is 10.0. The van der Waals surface area contributed by atoms with E-state index in [-0.39, 0.29) is 0 Å². The standard InChI is InChI=1S/C23H25N4O/c1-26(2)21-11-9-19(10-12-21)23(20-6-5-15-27(3)17-20)25-24-16-18-7-13-22(28-4)14-8-18/h5-17H,1-4H3/q+1/b24-16+,25-23-. The van der Waals surface area contributed by atoms with Gasteiger partial charge in [-0.1, -0.05) is 12.1 Å². The third kappa shape index (κ3) is 4.82. The van der Waals surface area contributed by atoms with Crippen molar-refractivity contribution in [2.75, 3.05) is 26.1 Å². The average molecular weight is 373 g/mol. The van der Waals surface area contributed by atoms with E-state index in [9.17, 15) is 0 Å². The van der Waals surface area contributed by atoms with Crippen LogP contribution >= 0.6 is 0 Å². The third-order valence-electron chi connectivity index (χ3n) is 4.35. The fraction of sp³-hybridized carbons (Fsp3) is 0.174. The predicted molar refractivity (Wildman–Crippen MR) is 115 cm³/mol. The van der Waals surface area contributed by atoms with Crippen LogP contribution in [0, 0.1) is 0 Å². The molecule has 0 unspecified atom stereocenters. The van der Waals surface area contributed by atoms with Crippen LogP contribution in [0.3, 0.4) is 0 Å². The van der Waals surface area contributed by atoms with Gasteiger partial charge in [-0.15, -0.1) is 5.10 Å². The van der Waals surface area contributed by atoms with Crippen molar-refractivity contribution in [2.45, 2.75) is 0 Å². The SMILES string of the molecule is COc1ccc(/C=N/N=C(/c2ccc(N(C)C)cc2)c2ccc[n+](C)c2)cc1. The zero-order valence-corrected chi connectivity index (χ0v) is 16.7. The van der Waals surface area contributed by atoms with E-state index in [1.807, 2.05) is 74.5 Å². The van der Waals surface area contributed by atoms with Gasteiger partial charge in [0.15, 0.2) is 12.4 Å². The zero-order valence-electron chi connectivity index (χ0n) is 16.7. The molecule has 142 valence electrons. The molecule has 3 rings (SSSR count). The maximum absolute atomic E-state index is 5.19. The van der Waals surface area contributed by atoms with Crippen molar-refractivity contribution in [1.82, 2.24) is 0 Å². The first-order valence-corrected chi connectivity index (χ1v) is 9.05. The summed E-state index contributed by atoms with van der Waals surface area (Å²) in [7, 11) is 7.71. The molecule has 1 heterocycles. The molecule has 3 aromatic rings. The molecule has 0 aliphatic heterocycles. The van der Waals surface area contributed by atoms with Crippen molar-refractivity contribution in [2.24, 2.45) is 17.3 Å². The van der Waals surface area contributed by atoms with Crippen LogP contribution < -0.4 is 14.2 Å². The Labute approximate surface area is 166 Å². The fourth-order valence-corrected chi connectivity index (χ4v) is 2.77. The van der Waals surface area contributed by atoms with Crippen LogP contribution in [0.15, 0.2) is 83.3 Å². The zero-order chi connectivity index (χ0) is 19.9. The molecule has 0 radical (unpaired) electrons. The molecule has 0 saturated carbocycles. The lowest BCUT2D eigenvalue weighted by molar-refractivity contribution is -0.671. The summed E-state index contributed by atoms with van der Waals surface area (Å²) in [4.78, 5) is 2.07. The normalized spacial score (nSPS) is 11.6. The van der Waals surface area contributed by atoms with Gasteiger partial charge in [0.25, 0.3) is 0 Å². The summed E-state index contributed by atoms with van der Waals surface area (Å²) < 4.78 is 7.19. The minimum absolute atomic E-state index is 0.819. The smallest absolute Gasteiger partial charge is 0.178 e. The highest BCUT2D eigenvalue weighted by molar-refractivity contribution is 6.12. The maximum atomic E-state index is 5.19. The van der Waals surface area contributed by atoms with E-state index in [1.54, 1.807) is 13.3 Å². The molecule has 0 aliphatic rings. The van der Waals surface area contributed by atoms with Crippen LogP contribution in [0.5, 0.6) is 5.75 Å². The van der Waals surface area contributed by atoms with E-state index in [1.165, 1.54) is 0 Å². The second kappa shape index (κ2) is 8.95. The topological polar surface area (TPSA) is 41.1 Å². The summed E-state index contributed by atoms with van der Waals surface area (Å²) in [6.45, 7) is 0. The van der Waals surface area contributed by atoms with E-state index in [0.29, 0.717) is 0 Å². The van der Waals surface area contributed by atoms with Crippen LogP contribution in [0.1, 0.15) is 16.7 Å². The summed E-state index contributed by atoms with van der Waals surface area (Å²) >= 11 is 0. The number of pyridine rings is 1. The van der Waals surface area contributed by atoms with Gasteiger partial charge < -0.3 is 9.64 Å². The Kier molecular flexibility index (Phi) is 6.17. The van der Waals surface area contributed by atoms with Crippen molar-refractivity contribution in [3.8, 4) is 5.75 Å². The quantitative estimate of drug-likeness (QED) is 0.377. The number of ether oxygens (including phenoxy) is 1. The van der Waals surface area contributed by atoms with Crippen LogP contribution in [0.25, 0.3) is 0 Å². The molecular formula is C23H25N4O+. The fourth-order valence-electron chi connectivity index (χ4n) is 2.77. The Morgan fingerprint density at radius 3 is 2.29 bits per heavy atom. The second-order valence-corrected chi connectivity index (χ2v) is 6.67. The van der Waals surface area contributed by atoms with Gasteiger partial charge in [-0.2, -0.15) is 5.10 Å². The highest BCUT2D eigenvalue weighted by atomic mass is 16.5. The molecule has 1 aromatic heterocycles. The van der Waals surface area contributed by atoms with Crippen LogP contribution in [0.2, 0.25) is 0 Å². The second-order valence-electron chi connectivity index (χ2n) is 6.67. The first kappa shape index (κ1) is 19.3. The van der Waals surface area contributed by atoms with Crippen LogP contribution in [-0.4, -0.2) is 33.1 Å². The molecule has 0 fully saturated rings. The third-order valence-corrected chi connectivity index (χ3v) is 4.35. The van der Waals surface area contributed by atoms with Gasteiger partial charge in [0, 0.05) is 31.4 Å². The Morgan fingerprint density at radius 2 is 1.68 bits per heavy atom. The Balaban J connectivity index is 1.95. The van der Waals surface area contributed by atoms with Gasteiger partial charge in [0.2, 0.25) is 0 Å². The summed E-state index contributed by atoms with van der Waals surface area (Å²) in [5.41, 5.74) is 4.96. The monoisotopic (exact) mass is 373 g/mol. The number of hydrogen-bond donors (Lipinski definition) is 0. The summed E-state index contributed by atoms with van der Waals surface area (Å²) in [5.74, 6) is 0.819. The summed E-state index contributed by atoms with van der Waals surface area (Å²) in [6, 6.07) is 20.1. The Morgan fingerprint density at radius 1 is 0.964 bits per heavy atom. The Bertz CT molecular complexity index is 974. The Hall–Kier alpha value is -3.47. The highest BCUT2D eigenvalue weighted by Gasteiger charge is 2.11. The molecule has 28 heavy (non-hydrogen) atoms. The number of anilines is 1. The molecule has 0 amide bonds. The predicted octanol–water partition coefficient (Wildman–Crippen LogP) is 3.46. The van der Waals surface area contributed by atoms with Crippen molar-refractivity contribution >= 4 is 17.6 Å². The lowest BCUT2D eigenvalue weighted by Crippen LogP contribution is -2.28. The minimum Gasteiger partial charge on any atom is -0.497 e. The van der Waals surface area contributed by atoms with Gasteiger partial charge in [-0.05, 0) is 48.0 Å². The number of benzene rings is 2. The van der Waals surface area contributed by atoms with E-state index in [2.05, 4.69) is 39.4 Å². The summed E-state index contributed by atoms with van der Waals surface area (Å²) in [5, 5.41) is 8.89. The molecule has 0 atom stereocenters. The molecule has 0 saturated heterocycles. The van der Waals surface area contributed by atoms with E-state index in [4.69, 9.17) is 4.74 Å². The van der Waals surface area contributed by atoms with Crippen LogP contribution in [-0.2, 0) is 7.05 Å². The number of aryl methyl sites for hydroxylation is 1. The van der Waals surface area contributed by atoms with Crippen molar-refractivity contribution in [1.29, 1.82) is 0 Å². The van der Waals surface area contributed by atoms with E-state index < -0.39 is 0 Å². The molecule has 0 N–H and O–H groups in total. The van der Waals surface area contributed by atoms with E-state index in [0.717, 1.165) is 33.8 Å². The molecular weight excluding hydrogens is 348 g/mol. The van der Waals surface area contributed by atoms with Gasteiger partial charge in [-0.3, -0.25) is 0 Å². The maximum Gasteiger partial charge on any atom is 0.178 e. The van der Waals surface area contributed by atoms with Gasteiger partial charge in [0.1, 0.15) is 18.5 Å². The molecule has 5 nitrogen and oxygen atoms in total. The van der Waals surface area contributed by atoms with Crippen molar-refractivity contribution in [3.05, 3.63) is 89.7 Å². The molecule has 5 heteroatoms. The number of nitrogens with zero attached hydrogens (tertiary/aromatic N) is 4. The number of rotatable bonds is 6. The highest BCUT2D eigenvalue weighted by Crippen LogP contribution is 2.16. The van der Waals surface area contributed by atoms with E-state index >= 15 is 0 Å².